The molecule has 0 aromatic rings. The molecule has 0 radical (unpaired) electrons. The maximum atomic E-state index is 6.10. The molecule has 0 aromatic carbocycles. The highest BCUT2D eigenvalue weighted by molar-refractivity contribution is 9.09. The van der Waals surface area contributed by atoms with Gasteiger partial charge in [-0.25, -0.2) is 0 Å². The first-order chi connectivity index (χ1) is 6.16. The maximum Gasteiger partial charge on any atom is 0.0665 e. The monoisotopic (exact) mass is 262 g/mol. The predicted octanol–water partition coefficient (Wildman–Crippen LogP) is 4.00. The Morgan fingerprint density at radius 3 is 2.00 bits per heavy atom. The van der Waals surface area contributed by atoms with E-state index in [1.165, 1.54) is 0 Å². The van der Waals surface area contributed by atoms with Gasteiger partial charge in [0, 0.05) is 4.83 Å². The summed E-state index contributed by atoms with van der Waals surface area (Å²) < 4.78 is 6.10. The van der Waals surface area contributed by atoms with Crippen molar-refractivity contribution in [2.45, 2.75) is 64.0 Å². The molecule has 14 heavy (non-hydrogen) atoms. The van der Waals surface area contributed by atoms with Crippen molar-refractivity contribution in [3.63, 3.8) is 0 Å². The van der Waals surface area contributed by atoms with Crippen molar-refractivity contribution in [3.8, 4) is 0 Å². The summed E-state index contributed by atoms with van der Waals surface area (Å²) in [5.41, 5.74) is 0.0647. The Morgan fingerprint density at radius 2 is 1.71 bits per heavy atom. The van der Waals surface area contributed by atoms with Gasteiger partial charge in [-0.2, -0.15) is 0 Å². The summed E-state index contributed by atoms with van der Waals surface area (Å²) >= 11 is 3.68. The van der Waals surface area contributed by atoms with E-state index in [4.69, 9.17) is 4.74 Å². The fraction of sp³-hybridized carbons (Fsp3) is 1.00. The lowest BCUT2D eigenvalue weighted by atomic mass is 9.77. The van der Waals surface area contributed by atoms with Crippen LogP contribution in [0.4, 0.5) is 0 Å². The maximum absolute atomic E-state index is 6.10. The van der Waals surface area contributed by atoms with Crippen LogP contribution < -0.4 is 0 Å². The van der Waals surface area contributed by atoms with Crippen LogP contribution in [-0.2, 0) is 4.74 Å². The van der Waals surface area contributed by atoms with Gasteiger partial charge in [0.2, 0.25) is 0 Å². The van der Waals surface area contributed by atoms with Crippen molar-refractivity contribution in [2.24, 2.45) is 11.8 Å². The quantitative estimate of drug-likeness (QED) is 0.684. The zero-order valence-corrected chi connectivity index (χ0v) is 11.8. The van der Waals surface area contributed by atoms with Crippen LogP contribution in [0.25, 0.3) is 0 Å². The van der Waals surface area contributed by atoms with Gasteiger partial charge in [0.25, 0.3) is 0 Å². The molecule has 0 N–H and O–H groups in total. The topological polar surface area (TPSA) is 9.23 Å². The summed E-state index contributed by atoms with van der Waals surface area (Å²) in [6.07, 6.45) is 1.16. The van der Waals surface area contributed by atoms with Gasteiger partial charge in [-0.1, -0.05) is 29.8 Å². The fourth-order valence-corrected chi connectivity index (χ4v) is 3.11. The molecule has 2 heteroatoms. The normalized spacial score (nSPS) is 34.1. The minimum Gasteiger partial charge on any atom is -0.369 e. The van der Waals surface area contributed by atoms with Crippen molar-refractivity contribution in [2.75, 3.05) is 0 Å². The molecule has 1 aliphatic rings. The van der Waals surface area contributed by atoms with E-state index in [1.54, 1.807) is 0 Å². The third kappa shape index (κ3) is 2.52. The van der Waals surface area contributed by atoms with E-state index in [0.29, 0.717) is 16.7 Å². The molecule has 0 amide bonds. The molecule has 1 nitrogen and oxygen atoms in total. The van der Waals surface area contributed by atoms with Gasteiger partial charge in [0.05, 0.1) is 11.2 Å². The van der Waals surface area contributed by atoms with Crippen LogP contribution in [0, 0.1) is 11.8 Å². The highest BCUT2D eigenvalue weighted by atomic mass is 79.9. The number of ether oxygens (including phenoxy) is 1. The SMILES string of the molecule is CC(Br)C(C)C1CC(C)(C)OC1(C)C. The number of rotatable bonds is 2. The van der Waals surface area contributed by atoms with E-state index >= 15 is 0 Å². The second kappa shape index (κ2) is 3.79. The van der Waals surface area contributed by atoms with Gasteiger partial charge >= 0.3 is 0 Å². The number of halogens is 1. The first kappa shape index (κ1) is 12.5. The fourth-order valence-electron chi connectivity index (χ4n) is 2.74. The van der Waals surface area contributed by atoms with E-state index in [9.17, 15) is 0 Å². The molecule has 1 heterocycles. The molecule has 0 spiro atoms. The summed E-state index contributed by atoms with van der Waals surface area (Å²) in [5.74, 6) is 1.30. The van der Waals surface area contributed by atoms with E-state index in [-0.39, 0.29) is 11.2 Å². The van der Waals surface area contributed by atoms with Crippen molar-refractivity contribution in [1.82, 2.24) is 0 Å². The van der Waals surface area contributed by atoms with E-state index in [1.807, 2.05) is 0 Å². The van der Waals surface area contributed by atoms with Gasteiger partial charge in [-0.3, -0.25) is 0 Å². The second-order valence-electron chi connectivity index (χ2n) is 5.81. The molecule has 1 aliphatic heterocycles. The lowest BCUT2D eigenvalue weighted by Crippen LogP contribution is -2.34. The van der Waals surface area contributed by atoms with Crippen LogP contribution in [0.5, 0.6) is 0 Å². The minimum atomic E-state index is 0.0188. The van der Waals surface area contributed by atoms with Crippen LogP contribution in [0.3, 0.4) is 0 Å². The van der Waals surface area contributed by atoms with Crippen LogP contribution >= 0.6 is 15.9 Å². The number of alkyl halides is 1. The molecule has 0 saturated carbocycles. The second-order valence-corrected chi connectivity index (χ2v) is 7.26. The Kier molecular flexibility index (Phi) is 3.38. The molecule has 1 saturated heterocycles. The smallest absolute Gasteiger partial charge is 0.0665 e. The first-order valence-electron chi connectivity index (χ1n) is 5.50. The zero-order chi connectivity index (χ0) is 11.1. The average Bonchev–Trinajstić information content (AvgIpc) is 2.17. The highest BCUT2D eigenvalue weighted by Gasteiger charge is 2.48. The zero-order valence-electron chi connectivity index (χ0n) is 10.2. The van der Waals surface area contributed by atoms with Gasteiger partial charge in [-0.05, 0) is 46.0 Å². The summed E-state index contributed by atoms with van der Waals surface area (Å²) in [6, 6.07) is 0. The summed E-state index contributed by atoms with van der Waals surface area (Å²) in [7, 11) is 0. The molecule has 84 valence electrons. The molecule has 3 unspecified atom stereocenters. The van der Waals surface area contributed by atoms with Gasteiger partial charge < -0.3 is 4.74 Å². The molecule has 3 atom stereocenters. The standard InChI is InChI=1S/C12H23BrO/c1-8(9(2)13)10-7-11(3,4)14-12(10,5)6/h8-10H,7H2,1-6H3. The third-order valence-corrected chi connectivity index (χ3v) is 4.34. The third-order valence-electron chi connectivity index (χ3n) is 3.50. The molecular weight excluding hydrogens is 240 g/mol. The molecule has 0 bridgehead atoms. The summed E-state index contributed by atoms with van der Waals surface area (Å²) in [4.78, 5) is 0.560. The van der Waals surface area contributed by atoms with Gasteiger partial charge in [0.1, 0.15) is 0 Å². The Balaban J connectivity index is 2.80. The largest absolute Gasteiger partial charge is 0.369 e. The first-order valence-corrected chi connectivity index (χ1v) is 6.41. The van der Waals surface area contributed by atoms with E-state index in [2.05, 4.69) is 57.5 Å². The van der Waals surface area contributed by atoms with Crippen LogP contribution in [-0.4, -0.2) is 16.0 Å². The molecule has 0 aliphatic carbocycles. The van der Waals surface area contributed by atoms with Crippen molar-refractivity contribution >= 4 is 15.9 Å². The highest BCUT2D eigenvalue weighted by Crippen LogP contribution is 2.46. The minimum absolute atomic E-state index is 0.0188. The van der Waals surface area contributed by atoms with Crippen LogP contribution in [0.1, 0.15) is 48.0 Å². The van der Waals surface area contributed by atoms with Crippen molar-refractivity contribution < 1.29 is 4.74 Å². The van der Waals surface area contributed by atoms with E-state index in [0.717, 1.165) is 6.42 Å². The lowest BCUT2D eigenvalue weighted by Gasteiger charge is -2.32. The lowest BCUT2D eigenvalue weighted by molar-refractivity contribution is -0.0791. The predicted molar refractivity (Wildman–Crippen MR) is 64.9 cm³/mol. The Bertz CT molecular complexity index is 208. The summed E-state index contributed by atoms with van der Waals surface area (Å²) in [6.45, 7) is 13.4. The molecular formula is C12H23BrO. The molecule has 0 aromatic heterocycles. The number of hydrogen-bond acceptors (Lipinski definition) is 1. The Morgan fingerprint density at radius 1 is 1.21 bits per heavy atom. The molecule has 1 fully saturated rings. The average molecular weight is 263 g/mol. The Labute approximate surface area is 96.7 Å². The van der Waals surface area contributed by atoms with Crippen molar-refractivity contribution in [3.05, 3.63) is 0 Å². The van der Waals surface area contributed by atoms with E-state index < -0.39 is 0 Å². The van der Waals surface area contributed by atoms with Gasteiger partial charge in [0.15, 0.2) is 0 Å². The molecule has 1 rings (SSSR count). The number of hydrogen-bond donors (Lipinski definition) is 0. The van der Waals surface area contributed by atoms with Gasteiger partial charge in [-0.15, -0.1) is 0 Å². The van der Waals surface area contributed by atoms with Crippen molar-refractivity contribution in [1.29, 1.82) is 0 Å². The van der Waals surface area contributed by atoms with Crippen LogP contribution in [0.2, 0.25) is 0 Å². The van der Waals surface area contributed by atoms with Crippen LogP contribution in [0.15, 0.2) is 0 Å². The summed E-state index contributed by atoms with van der Waals surface area (Å²) in [5, 5.41) is 0. The Hall–Kier alpha value is 0.440.